The first-order valence-electron chi connectivity index (χ1n) is 7.25. The van der Waals surface area contributed by atoms with E-state index in [1.807, 2.05) is 0 Å². The highest BCUT2D eigenvalue weighted by Crippen LogP contribution is 2.08. The van der Waals surface area contributed by atoms with Crippen LogP contribution in [0.5, 0.6) is 0 Å². The average molecular weight is 293 g/mol. The molecule has 2 heterocycles. The molecule has 3 N–H and O–H groups in total. The zero-order valence-electron chi connectivity index (χ0n) is 12.6. The summed E-state index contributed by atoms with van der Waals surface area (Å²) in [6, 6.07) is 0. The van der Waals surface area contributed by atoms with E-state index in [-0.39, 0.29) is 23.5 Å². The number of ether oxygens (including phenoxy) is 1. The van der Waals surface area contributed by atoms with Gasteiger partial charge in [0.15, 0.2) is 11.5 Å². The van der Waals surface area contributed by atoms with Crippen molar-refractivity contribution in [3.63, 3.8) is 0 Å². The Hall–Kier alpha value is -1.73. The van der Waals surface area contributed by atoms with Crippen molar-refractivity contribution in [3.05, 3.63) is 18.1 Å². The van der Waals surface area contributed by atoms with Gasteiger partial charge in [0, 0.05) is 38.6 Å². The number of hydrogen-bond donors (Lipinski definition) is 2. The van der Waals surface area contributed by atoms with Crippen molar-refractivity contribution in [2.24, 2.45) is 5.92 Å². The molecule has 1 amide bonds. The molecule has 0 aliphatic carbocycles. The van der Waals surface area contributed by atoms with E-state index in [9.17, 15) is 4.79 Å². The number of carbonyl (C=O) groups is 1. The van der Waals surface area contributed by atoms with Crippen LogP contribution in [0, 0.1) is 5.92 Å². The highest BCUT2D eigenvalue weighted by molar-refractivity contribution is 5.96. The molecule has 7 heteroatoms. The van der Waals surface area contributed by atoms with Gasteiger partial charge in [0.05, 0.1) is 12.7 Å². The van der Waals surface area contributed by atoms with Crippen LogP contribution in [0.2, 0.25) is 0 Å². The van der Waals surface area contributed by atoms with E-state index in [4.69, 9.17) is 10.5 Å². The van der Waals surface area contributed by atoms with Crippen LogP contribution >= 0.6 is 0 Å². The van der Waals surface area contributed by atoms with Gasteiger partial charge in [0.1, 0.15) is 0 Å². The maximum atomic E-state index is 12.0. The summed E-state index contributed by atoms with van der Waals surface area (Å²) >= 11 is 0. The predicted molar refractivity (Wildman–Crippen MR) is 79.8 cm³/mol. The third-order valence-electron chi connectivity index (χ3n) is 3.28. The second-order valence-electron chi connectivity index (χ2n) is 5.65. The lowest BCUT2D eigenvalue weighted by atomic mass is 10.2. The van der Waals surface area contributed by atoms with Crippen molar-refractivity contribution in [1.29, 1.82) is 0 Å². The van der Waals surface area contributed by atoms with Crippen LogP contribution in [0.15, 0.2) is 12.4 Å². The minimum Gasteiger partial charge on any atom is -0.382 e. The molecular formula is C14H23N5O2. The molecule has 0 radical (unpaired) electrons. The quantitative estimate of drug-likeness (QED) is 0.802. The van der Waals surface area contributed by atoms with E-state index in [1.54, 1.807) is 0 Å². The third-order valence-corrected chi connectivity index (χ3v) is 3.28. The summed E-state index contributed by atoms with van der Waals surface area (Å²) in [5.41, 5.74) is 5.79. The van der Waals surface area contributed by atoms with Crippen LogP contribution in [-0.2, 0) is 4.74 Å². The number of nitrogens with zero attached hydrogens (tertiary/aromatic N) is 3. The van der Waals surface area contributed by atoms with Gasteiger partial charge in [-0.25, -0.2) is 9.97 Å². The van der Waals surface area contributed by atoms with Gasteiger partial charge in [-0.1, -0.05) is 13.8 Å². The van der Waals surface area contributed by atoms with E-state index < -0.39 is 0 Å². The maximum Gasteiger partial charge on any atom is 0.273 e. The van der Waals surface area contributed by atoms with E-state index in [0.29, 0.717) is 19.1 Å². The minimum absolute atomic E-state index is 0.000606. The van der Waals surface area contributed by atoms with Gasteiger partial charge in [-0.05, 0) is 5.92 Å². The summed E-state index contributed by atoms with van der Waals surface area (Å²) in [6.45, 7) is 8.36. The predicted octanol–water partition coefficient (Wildman–Crippen LogP) is 0.145. The van der Waals surface area contributed by atoms with Crippen molar-refractivity contribution in [3.8, 4) is 0 Å². The van der Waals surface area contributed by atoms with Gasteiger partial charge >= 0.3 is 0 Å². The molecule has 1 fully saturated rings. The fourth-order valence-corrected chi connectivity index (χ4v) is 2.40. The molecule has 21 heavy (non-hydrogen) atoms. The van der Waals surface area contributed by atoms with Crippen LogP contribution < -0.4 is 11.1 Å². The monoisotopic (exact) mass is 293 g/mol. The fourth-order valence-electron chi connectivity index (χ4n) is 2.40. The molecule has 0 saturated carbocycles. The van der Waals surface area contributed by atoms with Crippen molar-refractivity contribution < 1.29 is 9.53 Å². The third kappa shape index (κ3) is 4.64. The molecule has 1 aromatic rings. The van der Waals surface area contributed by atoms with Gasteiger partial charge in [0.25, 0.3) is 5.91 Å². The summed E-state index contributed by atoms with van der Waals surface area (Å²) < 4.78 is 5.68. The normalized spacial score (nSPS) is 19.7. The molecule has 2 rings (SSSR count). The number of hydrogen-bond acceptors (Lipinski definition) is 6. The minimum atomic E-state index is -0.315. The van der Waals surface area contributed by atoms with Gasteiger partial charge in [0.2, 0.25) is 0 Å². The summed E-state index contributed by atoms with van der Waals surface area (Å²) in [7, 11) is 0. The second-order valence-corrected chi connectivity index (χ2v) is 5.65. The first kappa shape index (κ1) is 15.7. The van der Waals surface area contributed by atoms with Crippen molar-refractivity contribution in [2.45, 2.75) is 20.0 Å². The number of carbonyl (C=O) groups excluding carboxylic acids is 1. The van der Waals surface area contributed by atoms with E-state index in [0.717, 1.165) is 19.6 Å². The molecule has 7 nitrogen and oxygen atoms in total. The zero-order valence-corrected chi connectivity index (χ0v) is 12.6. The lowest BCUT2D eigenvalue weighted by Gasteiger charge is -2.33. The maximum absolute atomic E-state index is 12.0. The van der Waals surface area contributed by atoms with Crippen molar-refractivity contribution in [1.82, 2.24) is 20.2 Å². The summed E-state index contributed by atoms with van der Waals surface area (Å²) in [5.74, 6) is 0.448. The smallest absolute Gasteiger partial charge is 0.273 e. The Balaban J connectivity index is 1.82. The number of morpholine rings is 1. The lowest BCUT2D eigenvalue weighted by molar-refractivity contribution is -0.0295. The first-order valence-corrected chi connectivity index (χ1v) is 7.25. The number of nitrogen functional groups attached to an aromatic ring is 1. The van der Waals surface area contributed by atoms with Crippen LogP contribution in [0.4, 0.5) is 5.82 Å². The molecule has 1 saturated heterocycles. The summed E-state index contributed by atoms with van der Waals surface area (Å²) in [4.78, 5) is 22.2. The Morgan fingerprint density at radius 2 is 2.29 bits per heavy atom. The zero-order chi connectivity index (χ0) is 15.2. The number of amides is 1. The Kier molecular flexibility index (Phi) is 5.46. The molecule has 0 aromatic carbocycles. The SMILES string of the molecule is CC(C)CN1CCO[C@H](CNC(=O)c2nccnc2N)C1. The molecular weight excluding hydrogens is 270 g/mol. The topological polar surface area (TPSA) is 93.4 Å². The van der Waals surface area contributed by atoms with Crippen molar-refractivity contribution in [2.75, 3.05) is 38.5 Å². The van der Waals surface area contributed by atoms with Crippen LogP contribution in [0.25, 0.3) is 0 Å². The number of rotatable bonds is 5. The molecule has 1 aromatic heterocycles. The van der Waals surface area contributed by atoms with Crippen LogP contribution in [-0.4, -0.2) is 59.7 Å². The Bertz CT molecular complexity index is 480. The molecule has 1 atom stereocenters. The molecule has 0 unspecified atom stereocenters. The van der Waals surface area contributed by atoms with Gasteiger partial charge in [-0.15, -0.1) is 0 Å². The standard InChI is InChI=1S/C14H23N5O2/c1-10(2)8-19-5-6-21-11(9-19)7-18-14(20)12-13(15)17-4-3-16-12/h3-4,10-11H,5-9H2,1-2H3,(H2,15,17)(H,18,20)/t11-/m1/s1. The average Bonchev–Trinajstić information content (AvgIpc) is 2.45. The number of nitrogens with one attached hydrogen (secondary N) is 1. The number of anilines is 1. The Morgan fingerprint density at radius 3 is 3.00 bits per heavy atom. The second kappa shape index (κ2) is 7.33. The largest absolute Gasteiger partial charge is 0.382 e. The molecule has 1 aliphatic rings. The van der Waals surface area contributed by atoms with Crippen molar-refractivity contribution >= 4 is 11.7 Å². The number of aromatic nitrogens is 2. The van der Waals surface area contributed by atoms with E-state index >= 15 is 0 Å². The summed E-state index contributed by atoms with van der Waals surface area (Å²) in [6.07, 6.45) is 2.91. The van der Waals surface area contributed by atoms with Crippen LogP contribution in [0.3, 0.4) is 0 Å². The summed E-state index contributed by atoms with van der Waals surface area (Å²) in [5, 5.41) is 2.81. The van der Waals surface area contributed by atoms with Gasteiger partial charge in [-0.3, -0.25) is 9.69 Å². The first-order chi connectivity index (χ1) is 10.1. The molecule has 1 aliphatic heterocycles. The van der Waals surface area contributed by atoms with Gasteiger partial charge in [-0.2, -0.15) is 0 Å². The lowest BCUT2D eigenvalue weighted by Crippen LogP contribution is -2.48. The van der Waals surface area contributed by atoms with E-state index in [2.05, 4.69) is 34.0 Å². The highest BCUT2D eigenvalue weighted by atomic mass is 16.5. The van der Waals surface area contributed by atoms with Gasteiger partial charge < -0.3 is 15.8 Å². The highest BCUT2D eigenvalue weighted by Gasteiger charge is 2.22. The molecule has 0 spiro atoms. The Labute approximate surface area is 124 Å². The molecule has 0 bridgehead atoms. The number of nitrogens with two attached hydrogens (primary N) is 1. The molecule has 116 valence electrons. The van der Waals surface area contributed by atoms with E-state index in [1.165, 1.54) is 12.4 Å². The van der Waals surface area contributed by atoms with Crippen LogP contribution in [0.1, 0.15) is 24.3 Å². The Morgan fingerprint density at radius 1 is 1.52 bits per heavy atom. The fraction of sp³-hybridized carbons (Fsp3) is 0.643.